The minimum absolute atomic E-state index is 0.0194. The van der Waals surface area contributed by atoms with Gasteiger partial charge in [0.15, 0.2) is 0 Å². The Kier molecular flexibility index (Phi) is 3.66. The van der Waals surface area contributed by atoms with Gasteiger partial charge < -0.3 is 9.73 Å². The Morgan fingerprint density at radius 1 is 1.40 bits per heavy atom. The first kappa shape index (κ1) is 13.4. The molecule has 0 saturated heterocycles. The molecule has 2 aromatic rings. The Morgan fingerprint density at radius 2 is 2.25 bits per heavy atom. The number of rotatable bonds is 2. The molecule has 1 aromatic carbocycles. The van der Waals surface area contributed by atoms with Crippen LogP contribution < -0.4 is 5.32 Å². The van der Waals surface area contributed by atoms with Gasteiger partial charge in [-0.05, 0) is 49.6 Å². The molecule has 0 radical (unpaired) electrons. The van der Waals surface area contributed by atoms with E-state index in [-0.39, 0.29) is 11.9 Å². The largest absolute Gasteiger partial charge is 0.469 e. The maximum absolute atomic E-state index is 12.4. The molecule has 1 atom stereocenters. The summed E-state index contributed by atoms with van der Waals surface area (Å²) in [6.45, 7) is 1.95. The average Bonchev–Trinajstić information content (AvgIpc) is 2.87. The fourth-order valence-electron chi connectivity index (χ4n) is 2.75. The van der Waals surface area contributed by atoms with E-state index >= 15 is 0 Å². The van der Waals surface area contributed by atoms with E-state index in [1.165, 1.54) is 0 Å². The maximum atomic E-state index is 12.4. The second-order valence-electron chi connectivity index (χ2n) is 5.18. The van der Waals surface area contributed by atoms with Crippen molar-refractivity contribution in [2.24, 2.45) is 0 Å². The maximum Gasteiger partial charge on any atom is 0.252 e. The molecule has 20 heavy (non-hydrogen) atoms. The molecule has 0 bridgehead atoms. The Hall–Kier alpha value is -1.55. The minimum Gasteiger partial charge on any atom is -0.469 e. The van der Waals surface area contributed by atoms with Gasteiger partial charge in [-0.2, -0.15) is 0 Å². The van der Waals surface area contributed by atoms with Crippen molar-refractivity contribution >= 4 is 21.8 Å². The molecule has 0 saturated carbocycles. The van der Waals surface area contributed by atoms with E-state index < -0.39 is 0 Å². The van der Waals surface area contributed by atoms with E-state index in [9.17, 15) is 4.79 Å². The number of hydrogen-bond donors (Lipinski definition) is 1. The van der Waals surface area contributed by atoms with E-state index in [0.29, 0.717) is 0 Å². The van der Waals surface area contributed by atoms with Gasteiger partial charge in [0.25, 0.3) is 5.91 Å². The quantitative estimate of drug-likeness (QED) is 0.896. The number of furan rings is 1. The van der Waals surface area contributed by atoms with Crippen molar-refractivity contribution in [3.05, 3.63) is 57.5 Å². The summed E-state index contributed by atoms with van der Waals surface area (Å²) in [6, 6.07) is 7.74. The van der Waals surface area contributed by atoms with Crippen molar-refractivity contribution in [2.75, 3.05) is 0 Å². The first-order valence-electron chi connectivity index (χ1n) is 6.78. The minimum atomic E-state index is -0.0194. The first-order chi connectivity index (χ1) is 9.65. The third-order valence-corrected chi connectivity index (χ3v) is 4.28. The molecule has 0 aliphatic heterocycles. The van der Waals surface area contributed by atoms with Crippen LogP contribution in [0.2, 0.25) is 0 Å². The fraction of sp³-hybridized carbons (Fsp3) is 0.312. The highest BCUT2D eigenvalue weighted by molar-refractivity contribution is 9.10. The van der Waals surface area contributed by atoms with Gasteiger partial charge in [-0.1, -0.05) is 15.9 Å². The van der Waals surface area contributed by atoms with Crippen molar-refractivity contribution in [3.63, 3.8) is 0 Å². The van der Waals surface area contributed by atoms with Crippen LogP contribution in [0.5, 0.6) is 0 Å². The van der Waals surface area contributed by atoms with Crippen molar-refractivity contribution in [2.45, 2.75) is 32.2 Å². The van der Waals surface area contributed by atoms with Gasteiger partial charge in [-0.25, -0.2) is 0 Å². The SMILES string of the molecule is Cc1cc(Br)ccc1C(=O)NC1CCCc2occc21. The molecule has 4 heteroatoms. The Balaban J connectivity index is 1.81. The van der Waals surface area contributed by atoms with Crippen molar-refractivity contribution in [1.82, 2.24) is 5.32 Å². The Morgan fingerprint density at radius 3 is 3.05 bits per heavy atom. The number of fused-ring (bicyclic) bond motifs is 1. The second-order valence-corrected chi connectivity index (χ2v) is 6.09. The van der Waals surface area contributed by atoms with Crippen LogP contribution in [0.15, 0.2) is 39.4 Å². The zero-order valence-corrected chi connectivity index (χ0v) is 12.9. The summed E-state index contributed by atoms with van der Waals surface area (Å²) in [5, 5.41) is 3.12. The van der Waals surface area contributed by atoms with Crippen molar-refractivity contribution in [3.8, 4) is 0 Å². The third kappa shape index (κ3) is 2.52. The van der Waals surface area contributed by atoms with Gasteiger partial charge in [-0.3, -0.25) is 4.79 Å². The van der Waals surface area contributed by atoms with E-state index in [4.69, 9.17) is 4.42 Å². The molecule has 1 aliphatic rings. The van der Waals surface area contributed by atoms with Crippen LogP contribution in [0.3, 0.4) is 0 Å². The van der Waals surface area contributed by atoms with Crippen LogP contribution >= 0.6 is 15.9 Å². The average molecular weight is 334 g/mol. The lowest BCUT2D eigenvalue weighted by Crippen LogP contribution is -2.30. The van der Waals surface area contributed by atoms with Crippen LogP contribution in [0, 0.1) is 6.92 Å². The zero-order chi connectivity index (χ0) is 14.1. The van der Waals surface area contributed by atoms with E-state index in [1.807, 2.05) is 31.2 Å². The van der Waals surface area contributed by atoms with Crippen LogP contribution in [0.25, 0.3) is 0 Å². The van der Waals surface area contributed by atoms with E-state index in [0.717, 1.165) is 46.2 Å². The lowest BCUT2D eigenvalue weighted by Gasteiger charge is -2.23. The summed E-state index contributed by atoms with van der Waals surface area (Å²) >= 11 is 3.42. The molecule has 1 aromatic heterocycles. The molecule has 0 spiro atoms. The van der Waals surface area contributed by atoms with Crippen molar-refractivity contribution < 1.29 is 9.21 Å². The predicted molar refractivity (Wildman–Crippen MR) is 80.7 cm³/mol. The van der Waals surface area contributed by atoms with Crippen LogP contribution in [0.1, 0.15) is 46.1 Å². The highest BCUT2D eigenvalue weighted by Crippen LogP contribution is 2.30. The smallest absolute Gasteiger partial charge is 0.252 e. The van der Waals surface area contributed by atoms with Gasteiger partial charge in [0.05, 0.1) is 12.3 Å². The lowest BCUT2D eigenvalue weighted by atomic mass is 9.93. The molecular formula is C16H16BrNO2. The molecule has 104 valence electrons. The number of amides is 1. The van der Waals surface area contributed by atoms with Gasteiger partial charge in [-0.15, -0.1) is 0 Å². The van der Waals surface area contributed by atoms with Crippen LogP contribution in [0.4, 0.5) is 0 Å². The van der Waals surface area contributed by atoms with Gasteiger partial charge in [0, 0.05) is 22.0 Å². The summed E-state index contributed by atoms with van der Waals surface area (Å²) in [7, 11) is 0. The highest BCUT2D eigenvalue weighted by Gasteiger charge is 2.24. The molecule has 1 heterocycles. The Labute approximate surface area is 126 Å². The number of nitrogens with one attached hydrogen (secondary N) is 1. The summed E-state index contributed by atoms with van der Waals surface area (Å²) in [6.07, 6.45) is 4.69. The summed E-state index contributed by atoms with van der Waals surface area (Å²) in [5.41, 5.74) is 2.82. The topological polar surface area (TPSA) is 42.2 Å². The normalized spacial score (nSPS) is 17.6. The number of halogens is 1. The van der Waals surface area contributed by atoms with E-state index in [1.54, 1.807) is 6.26 Å². The standard InChI is InChI=1S/C16H16BrNO2/c1-10-9-11(17)5-6-12(10)16(19)18-14-3-2-4-15-13(14)7-8-20-15/h5-9,14H,2-4H2,1H3,(H,18,19). The van der Waals surface area contributed by atoms with Gasteiger partial charge >= 0.3 is 0 Å². The monoisotopic (exact) mass is 333 g/mol. The second kappa shape index (κ2) is 5.44. The molecular weight excluding hydrogens is 318 g/mol. The van der Waals surface area contributed by atoms with Gasteiger partial charge in [0.1, 0.15) is 5.76 Å². The van der Waals surface area contributed by atoms with Crippen LogP contribution in [-0.4, -0.2) is 5.91 Å². The van der Waals surface area contributed by atoms with E-state index in [2.05, 4.69) is 21.2 Å². The molecule has 1 aliphatic carbocycles. The molecule has 1 unspecified atom stereocenters. The highest BCUT2D eigenvalue weighted by atomic mass is 79.9. The molecule has 3 nitrogen and oxygen atoms in total. The Bertz CT molecular complexity index is 648. The van der Waals surface area contributed by atoms with Crippen molar-refractivity contribution in [1.29, 1.82) is 0 Å². The zero-order valence-electron chi connectivity index (χ0n) is 11.3. The van der Waals surface area contributed by atoms with Crippen LogP contribution in [-0.2, 0) is 6.42 Å². The number of benzene rings is 1. The van der Waals surface area contributed by atoms with Gasteiger partial charge in [0.2, 0.25) is 0 Å². The first-order valence-corrected chi connectivity index (χ1v) is 7.58. The number of carbonyl (C=O) groups excluding carboxylic acids is 1. The lowest BCUT2D eigenvalue weighted by molar-refractivity contribution is 0.0931. The summed E-state index contributed by atoms with van der Waals surface area (Å²) < 4.78 is 6.44. The predicted octanol–water partition coefficient (Wildman–Crippen LogP) is 4.16. The molecule has 1 N–H and O–H groups in total. The fourth-order valence-corrected chi connectivity index (χ4v) is 3.23. The molecule has 1 amide bonds. The number of aryl methyl sites for hydroxylation is 2. The summed E-state index contributed by atoms with van der Waals surface area (Å²) in [4.78, 5) is 12.4. The number of hydrogen-bond acceptors (Lipinski definition) is 2. The number of carbonyl (C=O) groups is 1. The third-order valence-electron chi connectivity index (χ3n) is 3.79. The molecule has 0 fully saturated rings. The molecule has 3 rings (SSSR count). The summed E-state index contributed by atoms with van der Waals surface area (Å²) in [5.74, 6) is 0.989.